The van der Waals surface area contributed by atoms with Gasteiger partial charge in [0.2, 0.25) is 4.90 Å². The molecule has 0 heterocycles. The average Bonchev–Trinajstić information content (AvgIpc) is 2.26. The van der Waals surface area contributed by atoms with Crippen molar-refractivity contribution in [2.45, 2.75) is 4.90 Å². The third kappa shape index (κ3) is 2.87. The molecule has 0 aliphatic rings. The fourth-order valence-corrected chi connectivity index (χ4v) is 3.44. The van der Waals surface area contributed by atoms with Crippen molar-refractivity contribution in [3.8, 4) is 5.75 Å². The van der Waals surface area contributed by atoms with Crippen LogP contribution in [0.1, 0.15) is 0 Å². The van der Waals surface area contributed by atoms with Crippen LogP contribution < -0.4 is 9.42 Å². The summed E-state index contributed by atoms with van der Waals surface area (Å²) in [6.45, 7) is 0. The van der Waals surface area contributed by atoms with E-state index in [1.54, 1.807) is 12.1 Å². The van der Waals surface area contributed by atoms with Crippen LogP contribution in [0.5, 0.6) is 5.75 Å². The zero-order chi connectivity index (χ0) is 13.3. The molecule has 0 fully saturated rings. The molecule has 96 valence electrons. The first kappa shape index (κ1) is 13.4. The highest BCUT2D eigenvalue weighted by Crippen LogP contribution is 2.40. The maximum absolute atomic E-state index is 10.9. The van der Waals surface area contributed by atoms with Crippen molar-refractivity contribution in [1.82, 2.24) is 0 Å². The molecule has 0 saturated heterocycles. The van der Waals surface area contributed by atoms with Crippen LogP contribution in [0, 0.1) is 0 Å². The zero-order valence-corrected chi connectivity index (χ0v) is 11.7. The second-order valence-corrected chi connectivity index (χ2v) is 7.15. The predicted octanol–water partition coefficient (Wildman–Crippen LogP) is 1.92. The molecule has 0 aliphatic heterocycles. The third-order valence-corrected chi connectivity index (χ3v) is 4.13. The summed E-state index contributed by atoms with van der Waals surface area (Å²) in [5.74, 6) is 0.197. The molecule has 18 heavy (non-hydrogen) atoms. The largest absolute Gasteiger partial charge is 0.746 e. The van der Waals surface area contributed by atoms with E-state index < -0.39 is 7.82 Å². The number of benzene rings is 2. The number of phosphoric acid groups is 1. The molecule has 2 rings (SSSR count). The van der Waals surface area contributed by atoms with Gasteiger partial charge >= 0.3 is 7.82 Å². The fraction of sp³-hybridized carbons (Fsp3) is 0.167. The normalized spacial score (nSPS) is 14.7. The Labute approximate surface area is 108 Å². The molecule has 1 unspecified atom stereocenters. The van der Waals surface area contributed by atoms with E-state index in [0.717, 1.165) is 15.7 Å². The van der Waals surface area contributed by atoms with Gasteiger partial charge in [0.25, 0.3) is 0 Å². The minimum atomic E-state index is -4.78. The highest BCUT2D eigenvalue weighted by Gasteiger charge is 2.22. The minimum absolute atomic E-state index is 0.196. The van der Waals surface area contributed by atoms with E-state index in [0.29, 0.717) is 0 Å². The SMILES string of the molecule is C[S+](C)c1c(OP(=O)([O-])O)ccc2ccccc12. The molecule has 0 bridgehead atoms. The van der Waals surface area contributed by atoms with Gasteiger partial charge in [-0.05, 0) is 17.5 Å². The molecule has 4 nitrogen and oxygen atoms in total. The van der Waals surface area contributed by atoms with Crippen molar-refractivity contribution in [2.24, 2.45) is 0 Å². The van der Waals surface area contributed by atoms with Gasteiger partial charge in [0.05, 0.1) is 0 Å². The van der Waals surface area contributed by atoms with Crippen LogP contribution in [0.3, 0.4) is 0 Å². The lowest BCUT2D eigenvalue weighted by molar-refractivity contribution is -0.211. The fourth-order valence-electron chi connectivity index (χ4n) is 1.84. The zero-order valence-electron chi connectivity index (χ0n) is 9.99. The Morgan fingerprint density at radius 1 is 1.22 bits per heavy atom. The van der Waals surface area contributed by atoms with E-state index in [2.05, 4.69) is 4.52 Å². The first-order valence-corrected chi connectivity index (χ1v) is 8.75. The Morgan fingerprint density at radius 3 is 2.50 bits per heavy atom. The first-order chi connectivity index (χ1) is 8.38. The maximum Gasteiger partial charge on any atom is 0.317 e. The Hall–Kier alpha value is -1.00. The molecule has 0 spiro atoms. The quantitative estimate of drug-likeness (QED) is 0.690. The molecule has 1 atom stereocenters. The summed E-state index contributed by atoms with van der Waals surface area (Å²) in [5.41, 5.74) is 0. The van der Waals surface area contributed by atoms with Crippen LogP contribution in [0.4, 0.5) is 0 Å². The van der Waals surface area contributed by atoms with Crippen molar-refractivity contribution < 1.29 is 18.9 Å². The van der Waals surface area contributed by atoms with E-state index in [4.69, 9.17) is 4.89 Å². The summed E-state index contributed by atoms with van der Waals surface area (Å²) in [4.78, 5) is 20.5. The molecular formula is C12H13O4PS. The Kier molecular flexibility index (Phi) is 3.69. The Bertz CT molecular complexity index is 621. The van der Waals surface area contributed by atoms with Gasteiger partial charge in [-0.2, -0.15) is 0 Å². The number of fused-ring (bicyclic) bond motifs is 1. The second-order valence-electron chi connectivity index (χ2n) is 3.99. The third-order valence-electron chi connectivity index (χ3n) is 2.47. The first-order valence-electron chi connectivity index (χ1n) is 5.21. The molecule has 0 saturated carbocycles. The van der Waals surface area contributed by atoms with Crippen LogP contribution in [0.2, 0.25) is 0 Å². The van der Waals surface area contributed by atoms with Crippen molar-refractivity contribution in [3.63, 3.8) is 0 Å². The standard InChI is InChI=1S/C12H13O4PS/c1-18(2)12-10-6-4-3-5-9(10)7-8-11(12)16-17(13,14)15/h3-8H,1-2H3,(H-,13,14,15). The lowest BCUT2D eigenvalue weighted by Gasteiger charge is -2.18. The monoisotopic (exact) mass is 284 g/mol. The molecule has 2 aromatic rings. The lowest BCUT2D eigenvalue weighted by atomic mass is 10.1. The molecule has 0 aliphatic carbocycles. The number of phosphoric ester groups is 1. The smallest absolute Gasteiger partial charge is 0.317 e. The van der Waals surface area contributed by atoms with Crippen LogP contribution in [0.15, 0.2) is 41.3 Å². The van der Waals surface area contributed by atoms with Crippen molar-refractivity contribution >= 4 is 29.5 Å². The van der Waals surface area contributed by atoms with Gasteiger partial charge in [-0.3, -0.25) is 4.57 Å². The van der Waals surface area contributed by atoms with Crippen molar-refractivity contribution in [2.75, 3.05) is 12.5 Å². The van der Waals surface area contributed by atoms with Gasteiger partial charge in [0, 0.05) is 16.3 Å². The minimum Gasteiger partial charge on any atom is -0.746 e. The predicted molar refractivity (Wildman–Crippen MR) is 71.9 cm³/mol. The average molecular weight is 284 g/mol. The van der Waals surface area contributed by atoms with Crippen molar-refractivity contribution in [3.05, 3.63) is 36.4 Å². The van der Waals surface area contributed by atoms with Crippen LogP contribution in [-0.4, -0.2) is 17.4 Å². The lowest BCUT2D eigenvalue weighted by Crippen LogP contribution is -2.08. The summed E-state index contributed by atoms with van der Waals surface area (Å²) >= 11 is 0. The van der Waals surface area contributed by atoms with E-state index in [-0.39, 0.29) is 16.6 Å². The van der Waals surface area contributed by atoms with Gasteiger partial charge in [-0.25, -0.2) is 0 Å². The molecule has 1 N–H and O–H groups in total. The maximum atomic E-state index is 10.9. The topological polar surface area (TPSA) is 69.6 Å². The molecular weight excluding hydrogens is 271 g/mol. The summed E-state index contributed by atoms with van der Waals surface area (Å²) < 4.78 is 15.5. The highest BCUT2D eigenvalue weighted by atomic mass is 32.2. The van der Waals surface area contributed by atoms with E-state index in [9.17, 15) is 9.46 Å². The van der Waals surface area contributed by atoms with Gasteiger partial charge < -0.3 is 14.3 Å². The van der Waals surface area contributed by atoms with Crippen LogP contribution in [0.25, 0.3) is 10.8 Å². The van der Waals surface area contributed by atoms with Gasteiger partial charge in [-0.15, -0.1) is 0 Å². The summed E-state index contributed by atoms with van der Waals surface area (Å²) in [5, 5.41) is 1.96. The molecule has 0 radical (unpaired) electrons. The Balaban J connectivity index is 2.67. The number of rotatable bonds is 3. The summed E-state index contributed by atoms with van der Waals surface area (Å²) in [7, 11) is -4.97. The van der Waals surface area contributed by atoms with Crippen LogP contribution in [-0.2, 0) is 15.5 Å². The second kappa shape index (κ2) is 4.94. The molecule has 2 aromatic carbocycles. The summed E-state index contributed by atoms with van der Waals surface area (Å²) in [6, 6.07) is 11.0. The number of hydrogen-bond acceptors (Lipinski definition) is 3. The van der Waals surface area contributed by atoms with Gasteiger partial charge in [0.1, 0.15) is 12.5 Å². The van der Waals surface area contributed by atoms with E-state index in [1.165, 1.54) is 0 Å². The summed E-state index contributed by atoms with van der Waals surface area (Å²) in [6.07, 6.45) is 3.95. The van der Waals surface area contributed by atoms with E-state index in [1.807, 2.05) is 36.8 Å². The van der Waals surface area contributed by atoms with Gasteiger partial charge in [0.15, 0.2) is 5.75 Å². The van der Waals surface area contributed by atoms with Crippen molar-refractivity contribution in [1.29, 1.82) is 0 Å². The van der Waals surface area contributed by atoms with E-state index >= 15 is 0 Å². The highest BCUT2D eigenvalue weighted by molar-refractivity contribution is 7.95. The van der Waals surface area contributed by atoms with Gasteiger partial charge in [-0.1, -0.05) is 24.3 Å². The Morgan fingerprint density at radius 2 is 1.89 bits per heavy atom. The molecule has 0 aromatic heterocycles. The molecule has 6 heteroatoms. The number of hydrogen-bond donors (Lipinski definition) is 1. The van der Waals surface area contributed by atoms with Crippen LogP contribution >= 0.6 is 7.82 Å². The molecule has 0 amide bonds.